The van der Waals surface area contributed by atoms with Crippen LogP contribution in [0.4, 0.5) is 0 Å². The number of amides is 1. The van der Waals surface area contributed by atoms with Crippen LogP contribution in [-0.4, -0.2) is 31.9 Å². The van der Waals surface area contributed by atoms with Gasteiger partial charge < -0.3 is 9.88 Å². The Labute approximate surface area is 161 Å². The van der Waals surface area contributed by atoms with Crippen molar-refractivity contribution >= 4 is 27.7 Å². The van der Waals surface area contributed by atoms with E-state index in [1.165, 1.54) is 33.1 Å². The summed E-state index contributed by atoms with van der Waals surface area (Å²) in [5, 5.41) is 1.71. The number of hydrogen-bond donors (Lipinski definition) is 1. The number of benzene rings is 2. The van der Waals surface area contributed by atoms with Gasteiger partial charge in [0.25, 0.3) is 5.56 Å². The van der Waals surface area contributed by atoms with E-state index >= 15 is 0 Å². The number of rotatable bonds is 2. The van der Waals surface area contributed by atoms with E-state index in [0.29, 0.717) is 24.0 Å². The van der Waals surface area contributed by atoms with Crippen molar-refractivity contribution in [1.29, 1.82) is 0 Å². The number of aromatic amines is 1. The summed E-state index contributed by atoms with van der Waals surface area (Å²) in [4.78, 5) is 35.2. The molecule has 1 aliphatic heterocycles. The van der Waals surface area contributed by atoms with Crippen molar-refractivity contribution in [2.24, 2.45) is 0 Å². The molecule has 2 aromatic heterocycles. The lowest BCUT2D eigenvalue weighted by Gasteiger charge is -2.27. The number of H-pyrrole nitrogens is 1. The molecule has 0 bridgehead atoms. The Hall–Kier alpha value is -3.41. The third-order valence-corrected chi connectivity index (χ3v) is 5.52. The zero-order valence-corrected chi connectivity index (χ0v) is 15.6. The number of para-hydroxylation sites is 1. The van der Waals surface area contributed by atoms with Crippen molar-refractivity contribution in [2.45, 2.75) is 26.4 Å². The largest absolute Gasteiger partial charge is 0.358 e. The van der Waals surface area contributed by atoms with E-state index in [4.69, 9.17) is 0 Å². The molecule has 6 heteroatoms. The Morgan fingerprint density at radius 3 is 2.93 bits per heavy atom. The van der Waals surface area contributed by atoms with Crippen molar-refractivity contribution in [3.8, 4) is 0 Å². The Morgan fingerprint density at radius 2 is 2.04 bits per heavy atom. The highest BCUT2D eigenvalue weighted by Gasteiger charge is 2.24. The molecule has 0 radical (unpaired) electrons. The van der Waals surface area contributed by atoms with Crippen molar-refractivity contribution in [3.63, 3.8) is 0 Å². The van der Waals surface area contributed by atoms with Crippen LogP contribution in [0.2, 0.25) is 0 Å². The molecular weight excluding hydrogens is 352 g/mol. The minimum Gasteiger partial charge on any atom is -0.358 e. The van der Waals surface area contributed by atoms with Crippen molar-refractivity contribution in [1.82, 2.24) is 19.4 Å². The van der Waals surface area contributed by atoms with Crippen LogP contribution in [0.15, 0.2) is 53.6 Å². The Kier molecular flexibility index (Phi) is 3.79. The number of carbonyl (C=O) groups is 1. The van der Waals surface area contributed by atoms with Gasteiger partial charge in [0.15, 0.2) is 0 Å². The molecule has 5 rings (SSSR count). The molecule has 1 amide bonds. The molecule has 1 aliphatic rings. The number of fused-ring (bicyclic) bond motifs is 4. The number of nitrogens with zero attached hydrogens (tertiary/aromatic N) is 3. The topological polar surface area (TPSA) is 71.0 Å². The number of carbonyl (C=O) groups excluding carboxylic acids is 1. The van der Waals surface area contributed by atoms with Crippen LogP contribution in [0, 0.1) is 6.92 Å². The predicted molar refractivity (Wildman–Crippen MR) is 108 cm³/mol. The Bertz CT molecular complexity index is 1280. The maximum atomic E-state index is 12.9. The average Bonchev–Trinajstić information content (AvgIpc) is 3.07. The van der Waals surface area contributed by atoms with Crippen LogP contribution in [0.25, 0.3) is 21.8 Å². The van der Waals surface area contributed by atoms with Crippen molar-refractivity contribution in [2.75, 3.05) is 6.54 Å². The van der Waals surface area contributed by atoms with Gasteiger partial charge in [0, 0.05) is 41.7 Å². The molecule has 6 nitrogen and oxygen atoms in total. The number of aryl methyl sites for hydroxylation is 1. The first-order valence-electron chi connectivity index (χ1n) is 9.42. The first-order valence-corrected chi connectivity index (χ1v) is 9.42. The number of nitrogens with one attached hydrogen (secondary N) is 1. The quantitative estimate of drug-likeness (QED) is 0.588. The summed E-state index contributed by atoms with van der Waals surface area (Å²) in [5.41, 5.74) is 5.16. The minimum atomic E-state index is -0.181. The van der Waals surface area contributed by atoms with Gasteiger partial charge >= 0.3 is 0 Å². The molecule has 140 valence electrons. The molecule has 0 saturated heterocycles. The van der Waals surface area contributed by atoms with Crippen LogP contribution in [0.5, 0.6) is 0 Å². The van der Waals surface area contributed by atoms with Crippen molar-refractivity contribution in [3.05, 3.63) is 76.0 Å². The highest BCUT2D eigenvalue weighted by atomic mass is 16.2. The average molecular weight is 372 g/mol. The molecule has 28 heavy (non-hydrogen) atoms. The van der Waals surface area contributed by atoms with Crippen LogP contribution in [0.3, 0.4) is 0 Å². The fourth-order valence-corrected chi connectivity index (χ4v) is 4.01. The van der Waals surface area contributed by atoms with E-state index in [-0.39, 0.29) is 18.0 Å². The first kappa shape index (κ1) is 16.7. The second-order valence-electron chi connectivity index (χ2n) is 7.39. The predicted octanol–water partition coefficient (Wildman–Crippen LogP) is 2.77. The van der Waals surface area contributed by atoms with E-state index in [9.17, 15) is 9.59 Å². The van der Waals surface area contributed by atoms with E-state index in [0.717, 1.165) is 11.9 Å². The molecule has 0 saturated carbocycles. The summed E-state index contributed by atoms with van der Waals surface area (Å²) >= 11 is 0. The summed E-state index contributed by atoms with van der Waals surface area (Å²) in [6, 6.07) is 13.5. The first-order chi connectivity index (χ1) is 13.6. The van der Waals surface area contributed by atoms with E-state index in [1.54, 1.807) is 12.1 Å². The molecule has 0 fully saturated rings. The van der Waals surface area contributed by atoms with E-state index in [2.05, 4.69) is 35.1 Å². The van der Waals surface area contributed by atoms with Crippen LogP contribution in [-0.2, 0) is 24.3 Å². The van der Waals surface area contributed by atoms with Gasteiger partial charge in [-0.05, 0) is 31.2 Å². The zero-order chi connectivity index (χ0) is 19.3. The maximum Gasteiger partial charge on any atom is 0.261 e. The van der Waals surface area contributed by atoms with Gasteiger partial charge in [-0.25, -0.2) is 4.98 Å². The second-order valence-corrected chi connectivity index (χ2v) is 7.39. The summed E-state index contributed by atoms with van der Waals surface area (Å²) < 4.78 is 1.40. The fourth-order valence-electron chi connectivity index (χ4n) is 4.01. The highest BCUT2D eigenvalue weighted by Crippen LogP contribution is 2.28. The summed E-state index contributed by atoms with van der Waals surface area (Å²) in [6.07, 6.45) is 2.26. The van der Waals surface area contributed by atoms with Crippen LogP contribution < -0.4 is 5.56 Å². The molecule has 1 N–H and O–H groups in total. The van der Waals surface area contributed by atoms with Crippen molar-refractivity contribution < 1.29 is 4.79 Å². The Morgan fingerprint density at radius 1 is 1.18 bits per heavy atom. The monoisotopic (exact) mass is 372 g/mol. The zero-order valence-electron chi connectivity index (χ0n) is 15.6. The standard InChI is InChI=1S/C22H20N4O2/c1-14-6-7-19-16(10-14)17-11-25(9-8-20(17)24-19)21(27)12-26-13-23-18-5-3-2-4-15(18)22(26)28/h2-7,10,13,24H,8-9,11-12H2,1H3. The van der Waals surface area contributed by atoms with E-state index < -0.39 is 0 Å². The second kappa shape index (κ2) is 6.34. The van der Waals surface area contributed by atoms with Crippen LogP contribution >= 0.6 is 0 Å². The molecule has 0 unspecified atom stereocenters. The van der Waals surface area contributed by atoms with Gasteiger partial charge in [-0.3, -0.25) is 14.2 Å². The smallest absolute Gasteiger partial charge is 0.261 e. The summed E-state index contributed by atoms with van der Waals surface area (Å²) in [5.74, 6) is -0.0631. The van der Waals surface area contributed by atoms with Crippen LogP contribution in [0.1, 0.15) is 16.8 Å². The van der Waals surface area contributed by atoms with Gasteiger partial charge in [-0.1, -0.05) is 23.8 Å². The molecule has 0 atom stereocenters. The molecule has 0 aliphatic carbocycles. The summed E-state index contributed by atoms with van der Waals surface area (Å²) in [7, 11) is 0. The Balaban J connectivity index is 1.43. The highest BCUT2D eigenvalue weighted by molar-refractivity contribution is 5.86. The van der Waals surface area contributed by atoms with Gasteiger partial charge in [-0.2, -0.15) is 0 Å². The van der Waals surface area contributed by atoms with Gasteiger partial charge in [0.2, 0.25) is 5.91 Å². The number of aromatic nitrogens is 3. The van der Waals surface area contributed by atoms with Gasteiger partial charge in [-0.15, -0.1) is 0 Å². The molecule has 2 aromatic carbocycles. The van der Waals surface area contributed by atoms with Gasteiger partial charge in [0.05, 0.1) is 17.2 Å². The molecule has 0 spiro atoms. The lowest BCUT2D eigenvalue weighted by molar-refractivity contribution is -0.132. The fraction of sp³-hybridized carbons (Fsp3) is 0.227. The summed E-state index contributed by atoms with van der Waals surface area (Å²) in [6.45, 7) is 3.29. The lowest BCUT2D eigenvalue weighted by Crippen LogP contribution is -2.39. The third kappa shape index (κ3) is 2.69. The normalized spacial score (nSPS) is 13.8. The SMILES string of the molecule is Cc1ccc2[nH]c3c(c2c1)CN(C(=O)Cn1cnc2ccccc2c1=O)CC3. The molecular formula is C22H20N4O2. The van der Waals surface area contributed by atoms with Gasteiger partial charge in [0.1, 0.15) is 6.54 Å². The molecule has 3 heterocycles. The maximum absolute atomic E-state index is 12.9. The van der Waals surface area contributed by atoms with E-state index in [1.807, 2.05) is 17.0 Å². The third-order valence-electron chi connectivity index (χ3n) is 5.52. The minimum absolute atomic E-state index is 0.00733. The lowest BCUT2D eigenvalue weighted by atomic mass is 10.0. The number of hydrogen-bond acceptors (Lipinski definition) is 3. The molecule has 4 aromatic rings.